The quantitative estimate of drug-likeness (QED) is 0.833. The fourth-order valence-electron chi connectivity index (χ4n) is 2.17. The molecule has 0 aromatic heterocycles. The van der Waals surface area contributed by atoms with E-state index in [0.717, 1.165) is 18.7 Å². The summed E-state index contributed by atoms with van der Waals surface area (Å²) in [6.07, 6.45) is 1.12. The lowest BCUT2D eigenvalue weighted by Gasteiger charge is -2.17. The van der Waals surface area contributed by atoms with Crippen LogP contribution in [0, 0.1) is 19.8 Å². The first-order valence-electron chi connectivity index (χ1n) is 6.81. The van der Waals surface area contributed by atoms with Crippen molar-refractivity contribution in [1.82, 2.24) is 5.32 Å². The van der Waals surface area contributed by atoms with E-state index >= 15 is 0 Å². The second kappa shape index (κ2) is 6.79. The Morgan fingerprint density at radius 3 is 2.33 bits per heavy atom. The number of benzene rings is 1. The lowest BCUT2D eigenvalue weighted by Crippen LogP contribution is -2.28. The summed E-state index contributed by atoms with van der Waals surface area (Å²) < 4.78 is 5.35. The van der Waals surface area contributed by atoms with Crippen LogP contribution in [-0.4, -0.2) is 19.7 Å². The molecule has 0 heterocycles. The number of hydrogen-bond donors (Lipinski definition) is 1. The van der Waals surface area contributed by atoms with Gasteiger partial charge in [-0.2, -0.15) is 0 Å². The largest absolute Gasteiger partial charge is 0.496 e. The van der Waals surface area contributed by atoms with E-state index < -0.39 is 0 Å². The summed E-state index contributed by atoms with van der Waals surface area (Å²) in [6, 6.07) is 4.97. The van der Waals surface area contributed by atoms with E-state index in [1.807, 2.05) is 0 Å². The molecule has 2 nitrogen and oxygen atoms in total. The maximum Gasteiger partial charge on any atom is 0.122 e. The molecule has 1 unspecified atom stereocenters. The molecule has 0 aliphatic carbocycles. The smallest absolute Gasteiger partial charge is 0.122 e. The van der Waals surface area contributed by atoms with E-state index in [1.165, 1.54) is 16.7 Å². The molecule has 0 saturated carbocycles. The molecule has 102 valence electrons. The Kier molecular flexibility index (Phi) is 5.67. The van der Waals surface area contributed by atoms with E-state index in [4.69, 9.17) is 4.74 Å². The van der Waals surface area contributed by atoms with Crippen molar-refractivity contribution in [2.75, 3.05) is 13.7 Å². The highest BCUT2D eigenvalue weighted by molar-refractivity contribution is 5.41. The van der Waals surface area contributed by atoms with Gasteiger partial charge in [-0.05, 0) is 55.5 Å². The predicted molar refractivity (Wildman–Crippen MR) is 78.5 cm³/mol. The van der Waals surface area contributed by atoms with Gasteiger partial charge in [-0.25, -0.2) is 0 Å². The highest BCUT2D eigenvalue weighted by atomic mass is 16.5. The number of hydrogen-bond acceptors (Lipinski definition) is 2. The Labute approximate surface area is 112 Å². The number of ether oxygens (including phenoxy) is 1. The van der Waals surface area contributed by atoms with Crippen molar-refractivity contribution in [3.8, 4) is 5.75 Å². The lowest BCUT2D eigenvalue weighted by molar-refractivity contribution is 0.411. The summed E-state index contributed by atoms with van der Waals surface area (Å²) >= 11 is 0. The summed E-state index contributed by atoms with van der Waals surface area (Å²) in [5.41, 5.74) is 3.99. The maximum absolute atomic E-state index is 5.35. The molecule has 0 amide bonds. The molecular formula is C16H27NO. The molecule has 0 fully saturated rings. The minimum atomic E-state index is 0.561. The molecule has 2 heteroatoms. The Hall–Kier alpha value is -1.02. The van der Waals surface area contributed by atoms with Gasteiger partial charge in [0.25, 0.3) is 0 Å². The third-order valence-electron chi connectivity index (χ3n) is 3.30. The number of methoxy groups -OCH3 is 1. The zero-order chi connectivity index (χ0) is 13.7. The zero-order valence-corrected chi connectivity index (χ0v) is 12.6. The van der Waals surface area contributed by atoms with Gasteiger partial charge in [0.15, 0.2) is 0 Å². The monoisotopic (exact) mass is 249 g/mol. The van der Waals surface area contributed by atoms with Gasteiger partial charge in [0.1, 0.15) is 5.75 Å². The van der Waals surface area contributed by atoms with Gasteiger partial charge in [0, 0.05) is 6.04 Å². The van der Waals surface area contributed by atoms with Crippen LogP contribution in [0.1, 0.15) is 37.5 Å². The molecule has 1 N–H and O–H groups in total. The molecule has 18 heavy (non-hydrogen) atoms. The van der Waals surface area contributed by atoms with E-state index in [9.17, 15) is 0 Å². The third-order valence-corrected chi connectivity index (χ3v) is 3.30. The van der Waals surface area contributed by atoms with Gasteiger partial charge >= 0.3 is 0 Å². The van der Waals surface area contributed by atoms with E-state index in [2.05, 4.69) is 52.1 Å². The lowest BCUT2D eigenvalue weighted by atomic mass is 9.95. The minimum Gasteiger partial charge on any atom is -0.496 e. The molecular weight excluding hydrogens is 222 g/mol. The van der Waals surface area contributed by atoms with Gasteiger partial charge in [-0.15, -0.1) is 0 Å². The molecule has 1 aromatic carbocycles. The van der Waals surface area contributed by atoms with E-state index in [0.29, 0.717) is 12.0 Å². The molecule has 0 spiro atoms. The van der Waals surface area contributed by atoms with Crippen LogP contribution in [0.5, 0.6) is 5.75 Å². The Morgan fingerprint density at radius 2 is 1.78 bits per heavy atom. The van der Waals surface area contributed by atoms with Crippen LogP contribution in [0.3, 0.4) is 0 Å². The fraction of sp³-hybridized carbons (Fsp3) is 0.625. The zero-order valence-electron chi connectivity index (χ0n) is 12.6. The summed E-state index contributed by atoms with van der Waals surface area (Å²) in [7, 11) is 1.73. The summed E-state index contributed by atoms with van der Waals surface area (Å²) in [5.74, 6) is 1.64. The third kappa shape index (κ3) is 4.34. The van der Waals surface area contributed by atoms with Crippen molar-refractivity contribution in [1.29, 1.82) is 0 Å². The van der Waals surface area contributed by atoms with Crippen LogP contribution in [0.2, 0.25) is 0 Å². The molecule has 0 aliphatic heterocycles. The minimum absolute atomic E-state index is 0.561. The first-order chi connectivity index (χ1) is 8.43. The van der Waals surface area contributed by atoms with Crippen LogP contribution in [0.4, 0.5) is 0 Å². The Bertz CT molecular complexity index is 385. The van der Waals surface area contributed by atoms with Crippen molar-refractivity contribution in [2.45, 2.75) is 47.1 Å². The van der Waals surface area contributed by atoms with Crippen molar-refractivity contribution in [3.63, 3.8) is 0 Å². The first-order valence-corrected chi connectivity index (χ1v) is 6.81. The SMILES string of the molecule is COc1cc(C)c(CC(C)CNC(C)C)cc1C. The predicted octanol–water partition coefficient (Wildman–Crippen LogP) is 3.49. The number of rotatable bonds is 6. The molecule has 1 aromatic rings. The standard InChI is InChI=1S/C16H27NO/c1-11(2)17-10-12(3)7-15-8-14(5)16(18-6)9-13(15)4/h8-9,11-12,17H,7,10H2,1-6H3. The summed E-state index contributed by atoms with van der Waals surface area (Å²) in [5, 5.41) is 3.50. The highest BCUT2D eigenvalue weighted by Crippen LogP contribution is 2.24. The summed E-state index contributed by atoms with van der Waals surface area (Å²) in [4.78, 5) is 0. The second-order valence-corrected chi connectivity index (χ2v) is 5.62. The average Bonchev–Trinajstić information content (AvgIpc) is 2.30. The van der Waals surface area contributed by atoms with Crippen molar-refractivity contribution >= 4 is 0 Å². The molecule has 0 saturated heterocycles. The molecule has 0 bridgehead atoms. The topological polar surface area (TPSA) is 21.3 Å². The highest BCUT2D eigenvalue weighted by Gasteiger charge is 2.09. The normalized spacial score (nSPS) is 12.8. The van der Waals surface area contributed by atoms with Gasteiger partial charge < -0.3 is 10.1 Å². The molecule has 1 rings (SSSR count). The van der Waals surface area contributed by atoms with Crippen LogP contribution in [0.15, 0.2) is 12.1 Å². The Balaban J connectivity index is 2.69. The van der Waals surface area contributed by atoms with Gasteiger partial charge in [0.2, 0.25) is 0 Å². The van der Waals surface area contributed by atoms with Crippen molar-refractivity contribution in [3.05, 3.63) is 28.8 Å². The fourth-order valence-corrected chi connectivity index (χ4v) is 2.17. The number of nitrogens with one attached hydrogen (secondary N) is 1. The van der Waals surface area contributed by atoms with Crippen molar-refractivity contribution < 1.29 is 4.74 Å². The van der Waals surface area contributed by atoms with Crippen LogP contribution >= 0.6 is 0 Å². The van der Waals surface area contributed by atoms with Gasteiger partial charge in [-0.3, -0.25) is 0 Å². The Morgan fingerprint density at radius 1 is 1.11 bits per heavy atom. The first kappa shape index (κ1) is 15.0. The molecule has 1 atom stereocenters. The maximum atomic E-state index is 5.35. The number of aryl methyl sites for hydroxylation is 2. The molecule has 0 aliphatic rings. The molecule has 0 radical (unpaired) electrons. The van der Waals surface area contributed by atoms with Crippen molar-refractivity contribution in [2.24, 2.45) is 5.92 Å². The van der Waals surface area contributed by atoms with Gasteiger partial charge in [-0.1, -0.05) is 26.8 Å². The van der Waals surface area contributed by atoms with Crippen LogP contribution in [0.25, 0.3) is 0 Å². The van der Waals surface area contributed by atoms with E-state index in [1.54, 1.807) is 7.11 Å². The van der Waals surface area contributed by atoms with Crippen LogP contribution in [-0.2, 0) is 6.42 Å². The second-order valence-electron chi connectivity index (χ2n) is 5.62. The summed E-state index contributed by atoms with van der Waals surface area (Å²) in [6.45, 7) is 12.0. The van der Waals surface area contributed by atoms with E-state index in [-0.39, 0.29) is 0 Å². The van der Waals surface area contributed by atoms with Gasteiger partial charge in [0.05, 0.1) is 7.11 Å². The van der Waals surface area contributed by atoms with Crippen LogP contribution < -0.4 is 10.1 Å². The average molecular weight is 249 g/mol.